The first-order chi connectivity index (χ1) is 12.4. The van der Waals surface area contributed by atoms with Crippen LogP contribution in [0.1, 0.15) is 30.0 Å². The van der Waals surface area contributed by atoms with E-state index >= 15 is 0 Å². The van der Waals surface area contributed by atoms with Crippen molar-refractivity contribution in [2.75, 3.05) is 11.1 Å². The quantitative estimate of drug-likeness (QED) is 0.646. The maximum atomic E-state index is 12.0. The van der Waals surface area contributed by atoms with Gasteiger partial charge in [0, 0.05) is 38.7 Å². The normalized spacial score (nSPS) is 19.5. The molecular weight excluding hydrogens is 330 g/mol. The molecule has 0 aliphatic heterocycles. The number of nitrogens with two attached hydrogens (primary N) is 2. The Bertz CT molecular complexity index is 1030. The number of nitrogens with one attached hydrogen (secondary N) is 1. The molecule has 1 saturated carbocycles. The molecule has 1 aliphatic rings. The number of fused-ring (bicyclic) bond motifs is 1. The zero-order chi connectivity index (χ0) is 18.4. The number of nitrogens with zero attached hydrogens (tertiary/aromatic N) is 4. The molecule has 1 fully saturated rings. The number of aromatic nitrogens is 4. The van der Waals surface area contributed by atoms with Crippen LogP contribution in [-0.4, -0.2) is 25.1 Å². The molecule has 136 valence electrons. The first-order valence-corrected chi connectivity index (χ1v) is 8.70. The Hall–Kier alpha value is -2.87. The smallest absolute Gasteiger partial charge is 0.328 e. The van der Waals surface area contributed by atoms with Crippen LogP contribution < -0.4 is 22.5 Å². The van der Waals surface area contributed by atoms with Gasteiger partial charge in [-0.25, -0.2) is 9.78 Å². The Balaban J connectivity index is 1.55. The molecule has 0 unspecified atom stereocenters. The van der Waals surface area contributed by atoms with E-state index in [0.717, 1.165) is 35.1 Å². The SMILES string of the molecule is Cn1c(=O)n(C)c2cc(CNc3cc(C4CC(N)C4)nc(N)n3)ccc21. The van der Waals surface area contributed by atoms with Crippen molar-refractivity contribution in [2.45, 2.75) is 31.3 Å². The van der Waals surface area contributed by atoms with Gasteiger partial charge in [-0.05, 0) is 30.5 Å². The van der Waals surface area contributed by atoms with Crippen molar-refractivity contribution in [1.82, 2.24) is 19.1 Å². The largest absolute Gasteiger partial charge is 0.368 e. The van der Waals surface area contributed by atoms with E-state index < -0.39 is 0 Å². The summed E-state index contributed by atoms with van der Waals surface area (Å²) in [5, 5.41) is 3.31. The van der Waals surface area contributed by atoms with Gasteiger partial charge in [0.05, 0.1) is 16.7 Å². The first kappa shape index (κ1) is 16.6. The summed E-state index contributed by atoms with van der Waals surface area (Å²) >= 11 is 0. The molecule has 2 heterocycles. The standard InChI is InChI=1S/C18H23N7O/c1-24-14-4-3-10(5-15(14)25(2)18(24)26)9-21-16-8-13(22-17(20)23-16)11-6-12(19)7-11/h3-5,8,11-12H,6-7,9,19H2,1-2H3,(H3,20,21,22,23). The van der Waals surface area contributed by atoms with E-state index in [2.05, 4.69) is 15.3 Å². The van der Waals surface area contributed by atoms with Gasteiger partial charge in [0.2, 0.25) is 5.95 Å². The fourth-order valence-electron chi connectivity index (χ4n) is 3.54. The van der Waals surface area contributed by atoms with Crippen molar-refractivity contribution in [1.29, 1.82) is 0 Å². The minimum atomic E-state index is -0.0305. The van der Waals surface area contributed by atoms with Crippen LogP contribution >= 0.6 is 0 Å². The van der Waals surface area contributed by atoms with Gasteiger partial charge in [0.15, 0.2) is 0 Å². The monoisotopic (exact) mass is 353 g/mol. The highest BCUT2D eigenvalue weighted by Crippen LogP contribution is 2.35. The second-order valence-electron chi connectivity index (χ2n) is 7.04. The predicted molar refractivity (Wildman–Crippen MR) is 102 cm³/mol. The van der Waals surface area contributed by atoms with Crippen molar-refractivity contribution in [3.05, 3.63) is 46.0 Å². The van der Waals surface area contributed by atoms with Crippen LogP contribution in [0.25, 0.3) is 11.0 Å². The van der Waals surface area contributed by atoms with Crippen LogP contribution in [0.15, 0.2) is 29.1 Å². The molecule has 1 aliphatic carbocycles. The maximum Gasteiger partial charge on any atom is 0.328 e. The van der Waals surface area contributed by atoms with Gasteiger partial charge < -0.3 is 16.8 Å². The van der Waals surface area contributed by atoms with Crippen molar-refractivity contribution in [2.24, 2.45) is 19.8 Å². The number of aryl methyl sites for hydroxylation is 2. The topological polar surface area (TPSA) is 117 Å². The Morgan fingerprint density at radius 3 is 2.62 bits per heavy atom. The number of imidazole rings is 1. The fraction of sp³-hybridized carbons (Fsp3) is 0.389. The summed E-state index contributed by atoms with van der Waals surface area (Å²) in [4.78, 5) is 20.7. The number of benzene rings is 1. The summed E-state index contributed by atoms with van der Waals surface area (Å²) in [7, 11) is 3.56. The highest BCUT2D eigenvalue weighted by molar-refractivity contribution is 5.76. The van der Waals surface area contributed by atoms with E-state index in [9.17, 15) is 4.79 Å². The molecule has 5 N–H and O–H groups in total. The van der Waals surface area contributed by atoms with Crippen molar-refractivity contribution >= 4 is 22.8 Å². The van der Waals surface area contributed by atoms with Gasteiger partial charge in [-0.1, -0.05) is 6.07 Å². The van der Waals surface area contributed by atoms with Crippen molar-refractivity contribution in [3.8, 4) is 0 Å². The third-order valence-corrected chi connectivity index (χ3v) is 5.17. The summed E-state index contributed by atoms with van der Waals surface area (Å²) in [6.45, 7) is 0.582. The zero-order valence-corrected chi connectivity index (χ0v) is 14.9. The highest BCUT2D eigenvalue weighted by Gasteiger charge is 2.29. The van der Waals surface area contributed by atoms with Crippen LogP contribution in [-0.2, 0) is 20.6 Å². The molecule has 0 spiro atoms. The maximum absolute atomic E-state index is 12.0. The summed E-state index contributed by atoms with van der Waals surface area (Å²) in [6.07, 6.45) is 1.88. The number of nitrogen functional groups attached to an aromatic ring is 1. The summed E-state index contributed by atoms with van der Waals surface area (Å²) < 4.78 is 3.30. The molecule has 0 atom stereocenters. The lowest BCUT2D eigenvalue weighted by Crippen LogP contribution is -2.35. The molecule has 3 aromatic rings. The average Bonchev–Trinajstić information content (AvgIpc) is 2.81. The average molecular weight is 353 g/mol. The molecule has 0 radical (unpaired) electrons. The van der Waals surface area contributed by atoms with Crippen LogP contribution in [0.5, 0.6) is 0 Å². The lowest BCUT2D eigenvalue weighted by molar-refractivity contribution is 0.345. The number of anilines is 2. The van der Waals surface area contributed by atoms with E-state index in [-0.39, 0.29) is 17.7 Å². The summed E-state index contributed by atoms with van der Waals surface area (Å²) in [6, 6.07) is 8.19. The molecule has 2 aromatic heterocycles. The van der Waals surface area contributed by atoms with Gasteiger partial charge >= 0.3 is 5.69 Å². The van der Waals surface area contributed by atoms with E-state index in [1.807, 2.05) is 24.3 Å². The second kappa shape index (κ2) is 6.14. The van der Waals surface area contributed by atoms with Gasteiger partial charge in [0.25, 0.3) is 0 Å². The molecule has 8 nitrogen and oxygen atoms in total. The minimum absolute atomic E-state index is 0.0305. The number of hydrogen-bond acceptors (Lipinski definition) is 6. The Morgan fingerprint density at radius 1 is 1.15 bits per heavy atom. The van der Waals surface area contributed by atoms with E-state index in [1.165, 1.54) is 0 Å². The molecule has 0 saturated heterocycles. The van der Waals surface area contributed by atoms with Gasteiger partial charge in [-0.2, -0.15) is 4.98 Å². The summed E-state index contributed by atoms with van der Waals surface area (Å²) in [5.74, 6) is 1.34. The van der Waals surface area contributed by atoms with Crippen LogP contribution in [0.4, 0.5) is 11.8 Å². The second-order valence-corrected chi connectivity index (χ2v) is 7.04. The molecule has 26 heavy (non-hydrogen) atoms. The van der Waals surface area contributed by atoms with Gasteiger partial charge in [-0.3, -0.25) is 9.13 Å². The van der Waals surface area contributed by atoms with Crippen molar-refractivity contribution in [3.63, 3.8) is 0 Å². The van der Waals surface area contributed by atoms with Crippen molar-refractivity contribution < 1.29 is 0 Å². The minimum Gasteiger partial charge on any atom is -0.368 e. The third-order valence-electron chi connectivity index (χ3n) is 5.17. The van der Waals surface area contributed by atoms with E-state index in [4.69, 9.17) is 11.5 Å². The van der Waals surface area contributed by atoms with Gasteiger partial charge in [0.1, 0.15) is 5.82 Å². The highest BCUT2D eigenvalue weighted by atomic mass is 16.1. The Morgan fingerprint density at radius 2 is 1.88 bits per heavy atom. The van der Waals surface area contributed by atoms with Crippen LogP contribution in [0, 0.1) is 0 Å². The third kappa shape index (κ3) is 2.82. The molecule has 8 heteroatoms. The first-order valence-electron chi connectivity index (χ1n) is 8.70. The van der Waals surface area contributed by atoms with Crippen LogP contribution in [0.3, 0.4) is 0 Å². The van der Waals surface area contributed by atoms with E-state index in [1.54, 1.807) is 23.2 Å². The molecule has 0 amide bonds. The Labute approximate surface area is 150 Å². The molecule has 1 aromatic carbocycles. The summed E-state index contributed by atoms with van der Waals surface area (Å²) in [5.41, 5.74) is 15.5. The molecule has 0 bridgehead atoms. The lowest BCUT2D eigenvalue weighted by Gasteiger charge is -2.32. The Kier molecular flexibility index (Phi) is 3.91. The molecular formula is C18H23N7O. The molecule has 4 rings (SSSR count). The van der Waals surface area contributed by atoms with Crippen LogP contribution in [0.2, 0.25) is 0 Å². The van der Waals surface area contributed by atoms with E-state index in [0.29, 0.717) is 18.3 Å². The lowest BCUT2D eigenvalue weighted by atomic mass is 9.78. The van der Waals surface area contributed by atoms with Gasteiger partial charge in [-0.15, -0.1) is 0 Å². The zero-order valence-electron chi connectivity index (χ0n) is 14.9. The predicted octanol–water partition coefficient (Wildman–Crippen LogP) is 1.07. The fourth-order valence-corrected chi connectivity index (χ4v) is 3.54. The number of hydrogen-bond donors (Lipinski definition) is 3. The number of rotatable bonds is 4.